The molecule has 0 saturated carbocycles. The second-order valence-corrected chi connectivity index (χ2v) is 8.26. The molecule has 0 fully saturated rings. The van der Waals surface area contributed by atoms with Crippen molar-refractivity contribution in [2.75, 3.05) is 24.4 Å². The van der Waals surface area contributed by atoms with Crippen LogP contribution in [0.1, 0.15) is 26.7 Å². The molecule has 0 rings (SSSR count). The Morgan fingerprint density at radius 2 is 1.52 bits per heavy atom. The summed E-state index contributed by atoms with van der Waals surface area (Å²) in [6, 6.07) is -4.38. The number of hydrogen-bond acceptors (Lipinski definition) is 8. The Morgan fingerprint density at radius 3 is 1.97 bits per heavy atom. The van der Waals surface area contributed by atoms with Crippen LogP contribution >= 0.6 is 24.4 Å². The largest absolute Gasteiger partial charge is 0.480 e. The summed E-state index contributed by atoms with van der Waals surface area (Å²) in [4.78, 5) is 48.0. The highest BCUT2D eigenvalue weighted by Crippen LogP contribution is 2.05. The Kier molecular flexibility index (Phi) is 13.7. The van der Waals surface area contributed by atoms with E-state index in [9.17, 15) is 29.4 Å². The van der Waals surface area contributed by atoms with Crippen molar-refractivity contribution in [1.82, 2.24) is 16.0 Å². The van der Waals surface area contributed by atoms with Crippen LogP contribution in [0.5, 0.6) is 0 Å². The molecular weight excluding hydrogens is 420 g/mol. The van der Waals surface area contributed by atoms with Crippen molar-refractivity contribution in [3.05, 3.63) is 0 Å². The third-order valence-electron chi connectivity index (χ3n) is 3.92. The number of aliphatic hydroxyl groups is 1. The highest BCUT2D eigenvalue weighted by atomic mass is 32.2. The van der Waals surface area contributed by atoms with Gasteiger partial charge in [0.15, 0.2) is 0 Å². The Bertz CT molecular complexity index is 564. The second-order valence-electron chi connectivity index (χ2n) is 6.90. The molecule has 0 aromatic rings. The standard InChI is InChI=1S/C17H32N4O6S2/c1-9(2)6-11(17(26)27)19-15(24)12(7-22)20-16(25)13(8-28)21-14(23)10(18)4-5-29-3/h9-13,22,28H,4-8,18H2,1-3H3,(H,19,24)(H,20,25)(H,21,23)(H,26,27). The van der Waals surface area contributed by atoms with E-state index in [-0.39, 0.29) is 18.1 Å². The van der Waals surface area contributed by atoms with E-state index >= 15 is 0 Å². The monoisotopic (exact) mass is 452 g/mol. The van der Waals surface area contributed by atoms with Gasteiger partial charge in [0.25, 0.3) is 0 Å². The third kappa shape index (κ3) is 10.7. The van der Waals surface area contributed by atoms with E-state index in [0.29, 0.717) is 12.2 Å². The summed E-state index contributed by atoms with van der Waals surface area (Å²) in [6.45, 7) is 2.86. The third-order valence-corrected chi connectivity index (χ3v) is 4.93. The minimum Gasteiger partial charge on any atom is -0.480 e. The molecule has 0 heterocycles. The Hall–Kier alpha value is -1.50. The van der Waals surface area contributed by atoms with Crippen molar-refractivity contribution < 1.29 is 29.4 Å². The summed E-state index contributed by atoms with van der Waals surface area (Å²) in [5, 5.41) is 25.7. The lowest BCUT2D eigenvalue weighted by Crippen LogP contribution is -2.58. The molecular formula is C17H32N4O6S2. The smallest absolute Gasteiger partial charge is 0.326 e. The van der Waals surface area contributed by atoms with Crippen molar-refractivity contribution in [2.45, 2.75) is 50.9 Å². The van der Waals surface area contributed by atoms with Crippen molar-refractivity contribution in [3.8, 4) is 0 Å². The molecule has 0 radical (unpaired) electrons. The van der Waals surface area contributed by atoms with Gasteiger partial charge in [0.1, 0.15) is 18.1 Å². The summed E-state index contributed by atoms with van der Waals surface area (Å²) in [7, 11) is 0. The van der Waals surface area contributed by atoms with Crippen molar-refractivity contribution >= 4 is 48.1 Å². The topological polar surface area (TPSA) is 171 Å². The zero-order valence-corrected chi connectivity index (χ0v) is 18.6. The van der Waals surface area contributed by atoms with Crippen LogP contribution in [0.4, 0.5) is 0 Å². The van der Waals surface area contributed by atoms with Gasteiger partial charge in [0.2, 0.25) is 17.7 Å². The summed E-state index contributed by atoms with van der Waals surface area (Å²) in [5.41, 5.74) is 5.76. The van der Waals surface area contributed by atoms with E-state index in [1.807, 2.05) is 6.26 Å². The molecule has 10 nitrogen and oxygen atoms in total. The van der Waals surface area contributed by atoms with E-state index < -0.39 is 54.5 Å². The normalized spacial score (nSPS) is 15.1. The minimum absolute atomic E-state index is 0.0117. The second kappa shape index (κ2) is 14.5. The maximum Gasteiger partial charge on any atom is 0.326 e. The maximum atomic E-state index is 12.4. The van der Waals surface area contributed by atoms with E-state index in [0.717, 1.165) is 0 Å². The number of thioether (sulfide) groups is 1. The SMILES string of the molecule is CSCCC(N)C(=O)NC(CS)C(=O)NC(CO)C(=O)NC(CC(C)C)C(=O)O. The van der Waals surface area contributed by atoms with Crippen LogP contribution in [0, 0.1) is 5.92 Å². The number of carbonyl (C=O) groups is 4. The van der Waals surface area contributed by atoms with Crippen LogP contribution in [0.2, 0.25) is 0 Å². The molecule has 7 N–H and O–H groups in total. The minimum atomic E-state index is -1.37. The number of nitrogens with two attached hydrogens (primary N) is 1. The number of amides is 3. The molecule has 0 aliphatic heterocycles. The molecule has 0 aromatic carbocycles. The molecule has 0 aliphatic rings. The zero-order valence-electron chi connectivity index (χ0n) is 16.9. The molecule has 4 unspecified atom stereocenters. The first kappa shape index (κ1) is 27.5. The predicted octanol–water partition coefficient (Wildman–Crippen LogP) is -1.43. The fourth-order valence-corrected chi connectivity index (χ4v) is 3.03. The van der Waals surface area contributed by atoms with Crippen molar-refractivity contribution in [2.24, 2.45) is 11.7 Å². The van der Waals surface area contributed by atoms with E-state index in [4.69, 9.17) is 5.73 Å². The van der Waals surface area contributed by atoms with E-state index in [1.54, 1.807) is 13.8 Å². The number of nitrogens with one attached hydrogen (secondary N) is 3. The van der Waals surface area contributed by atoms with Gasteiger partial charge in [-0.3, -0.25) is 14.4 Å². The van der Waals surface area contributed by atoms with Gasteiger partial charge in [-0.2, -0.15) is 24.4 Å². The molecule has 0 bridgehead atoms. The molecule has 29 heavy (non-hydrogen) atoms. The van der Waals surface area contributed by atoms with Gasteiger partial charge in [-0.1, -0.05) is 13.8 Å². The lowest BCUT2D eigenvalue weighted by atomic mass is 10.0. The average molecular weight is 453 g/mol. The fourth-order valence-electron chi connectivity index (χ4n) is 2.28. The summed E-state index contributed by atoms with van der Waals surface area (Å²) >= 11 is 5.57. The Labute approximate surface area is 180 Å². The van der Waals surface area contributed by atoms with Crippen LogP contribution < -0.4 is 21.7 Å². The van der Waals surface area contributed by atoms with Crippen LogP contribution in [0.15, 0.2) is 0 Å². The van der Waals surface area contributed by atoms with Gasteiger partial charge in [-0.15, -0.1) is 0 Å². The fraction of sp³-hybridized carbons (Fsp3) is 0.765. The van der Waals surface area contributed by atoms with Gasteiger partial charge in [0, 0.05) is 5.75 Å². The highest BCUT2D eigenvalue weighted by molar-refractivity contribution is 7.98. The Balaban J connectivity index is 4.93. The number of aliphatic hydroxyl groups excluding tert-OH is 1. The summed E-state index contributed by atoms with van der Waals surface area (Å²) in [6.07, 6.45) is 2.50. The zero-order chi connectivity index (χ0) is 22.6. The number of carboxylic acid groups (broad SMARTS) is 1. The molecule has 0 saturated heterocycles. The van der Waals surface area contributed by atoms with Crippen molar-refractivity contribution in [1.29, 1.82) is 0 Å². The number of hydrogen-bond donors (Lipinski definition) is 7. The van der Waals surface area contributed by atoms with E-state index in [2.05, 4.69) is 28.6 Å². The lowest BCUT2D eigenvalue weighted by Gasteiger charge is -2.24. The van der Waals surface area contributed by atoms with Gasteiger partial charge < -0.3 is 31.9 Å². The summed E-state index contributed by atoms with van der Waals surface area (Å²) in [5.74, 6) is -2.68. The van der Waals surface area contributed by atoms with Gasteiger partial charge >= 0.3 is 5.97 Å². The van der Waals surface area contributed by atoms with Crippen LogP contribution in [0.25, 0.3) is 0 Å². The first-order valence-corrected chi connectivity index (χ1v) is 11.2. The maximum absolute atomic E-state index is 12.4. The number of thiol groups is 1. The van der Waals surface area contributed by atoms with Gasteiger partial charge in [-0.25, -0.2) is 4.79 Å². The molecule has 3 amide bonds. The highest BCUT2D eigenvalue weighted by Gasteiger charge is 2.29. The average Bonchev–Trinajstić information content (AvgIpc) is 2.66. The van der Waals surface area contributed by atoms with Gasteiger partial charge in [0.05, 0.1) is 12.6 Å². The number of carbonyl (C=O) groups excluding carboxylic acids is 3. The molecule has 12 heteroatoms. The van der Waals surface area contributed by atoms with Crippen LogP contribution in [-0.4, -0.2) is 82.4 Å². The number of carboxylic acids is 1. The predicted molar refractivity (Wildman–Crippen MR) is 115 cm³/mol. The number of rotatable bonds is 14. The molecule has 168 valence electrons. The molecule has 4 atom stereocenters. The van der Waals surface area contributed by atoms with Gasteiger partial charge in [-0.05, 0) is 30.8 Å². The Morgan fingerprint density at radius 1 is 1.00 bits per heavy atom. The summed E-state index contributed by atoms with van der Waals surface area (Å²) < 4.78 is 0. The molecule has 0 aromatic heterocycles. The van der Waals surface area contributed by atoms with Crippen molar-refractivity contribution in [3.63, 3.8) is 0 Å². The first-order chi connectivity index (χ1) is 13.6. The van der Waals surface area contributed by atoms with Crippen LogP contribution in [-0.2, 0) is 19.2 Å². The molecule has 0 spiro atoms. The molecule has 0 aliphatic carbocycles. The van der Waals surface area contributed by atoms with E-state index in [1.165, 1.54) is 11.8 Å². The lowest BCUT2D eigenvalue weighted by molar-refractivity contribution is -0.143. The quantitative estimate of drug-likeness (QED) is 0.157. The number of aliphatic carboxylic acids is 1. The van der Waals surface area contributed by atoms with Crippen LogP contribution in [0.3, 0.4) is 0 Å². The first-order valence-electron chi connectivity index (χ1n) is 9.17.